The van der Waals surface area contributed by atoms with Gasteiger partial charge >= 0.3 is 5.97 Å². The number of nitrogens with one attached hydrogen (secondary N) is 1. The van der Waals surface area contributed by atoms with Crippen molar-refractivity contribution in [3.05, 3.63) is 24.6 Å². The van der Waals surface area contributed by atoms with E-state index in [1.54, 1.807) is 24.6 Å². The number of rotatable bonds is 5. The Labute approximate surface area is 124 Å². The smallest absolute Gasteiger partial charge is 0.329 e. The minimum atomic E-state index is -1.45. The molecule has 1 aliphatic carbocycles. The first-order valence-electron chi connectivity index (χ1n) is 7.28. The van der Waals surface area contributed by atoms with Crippen molar-refractivity contribution in [1.82, 2.24) is 10.2 Å². The van der Waals surface area contributed by atoms with Gasteiger partial charge in [-0.1, -0.05) is 12.8 Å². The Kier molecular flexibility index (Phi) is 5.01. The van der Waals surface area contributed by atoms with Crippen LogP contribution in [0, 0.1) is 5.41 Å². The van der Waals surface area contributed by atoms with Crippen LogP contribution in [0.2, 0.25) is 0 Å². The summed E-state index contributed by atoms with van der Waals surface area (Å²) >= 11 is 0. The molecule has 0 unspecified atom stereocenters. The first-order chi connectivity index (χ1) is 10.1. The molecule has 116 valence electrons. The average molecular weight is 294 g/mol. The molecule has 0 aromatic heterocycles. The van der Waals surface area contributed by atoms with Crippen LogP contribution in [0.15, 0.2) is 24.6 Å². The normalized spacial score (nSPS) is 20.6. The molecule has 1 saturated carbocycles. The fourth-order valence-corrected chi connectivity index (χ4v) is 2.82. The van der Waals surface area contributed by atoms with Gasteiger partial charge in [0.05, 0.1) is 13.7 Å². The van der Waals surface area contributed by atoms with Crippen molar-refractivity contribution in [2.75, 3.05) is 20.3 Å². The maximum absolute atomic E-state index is 12.3. The van der Waals surface area contributed by atoms with Gasteiger partial charge in [-0.3, -0.25) is 9.59 Å². The number of aliphatic hydroxyl groups is 1. The van der Waals surface area contributed by atoms with E-state index < -0.39 is 17.3 Å². The second-order valence-electron chi connectivity index (χ2n) is 5.36. The van der Waals surface area contributed by atoms with Crippen molar-refractivity contribution in [3.63, 3.8) is 0 Å². The largest absolute Gasteiger partial charge is 0.468 e. The van der Waals surface area contributed by atoms with Crippen molar-refractivity contribution in [1.29, 1.82) is 0 Å². The third-order valence-corrected chi connectivity index (χ3v) is 4.06. The number of methoxy groups -OCH3 is 1. The summed E-state index contributed by atoms with van der Waals surface area (Å²) in [5.41, 5.74) is -1.45. The minimum Gasteiger partial charge on any atom is -0.468 e. The summed E-state index contributed by atoms with van der Waals surface area (Å²) < 4.78 is 4.77. The van der Waals surface area contributed by atoms with Gasteiger partial charge in [0, 0.05) is 25.0 Å². The number of aliphatic hydroxyl groups excluding tert-OH is 1. The Morgan fingerprint density at radius 2 is 1.95 bits per heavy atom. The molecule has 1 aliphatic heterocycles. The second kappa shape index (κ2) is 6.76. The Hall–Kier alpha value is -1.82. The first-order valence-corrected chi connectivity index (χ1v) is 7.28. The van der Waals surface area contributed by atoms with Crippen LogP contribution in [0.4, 0.5) is 0 Å². The molecule has 1 heterocycles. The van der Waals surface area contributed by atoms with Gasteiger partial charge in [-0.15, -0.1) is 0 Å². The van der Waals surface area contributed by atoms with Crippen LogP contribution in [0.1, 0.15) is 25.7 Å². The second-order valence-corrected chi connectivity index (χ2v) is 5.36. The zero-order valence-corrected chi connectivity index (χ0v) is 12.2. The van der Waals surface area contributed by atoms with Crippen molar-refractivity contribution < 1.29 is 19.4 Å². The van der Waals surface area contributed by atoms with Crippen LogP contribution in [-0.2, 0) is 14.3 Å². The van der Waals surface area contributed by atoms with E-state index in [4.69, 9.17) is 9.84 Å². The van der Waals surface area contributed by atoms with Gasteiger partial charge in [-0.05, 0) is 25.0 Å². The summed E-state index contributed by atoms with van der Waals surface area (Å²) in [6.45, 7) is -0.0732. The molecule has 0 aromatic rings. The van der Waals surface area contributed by atoms with Crippen molar-refractivity contribution in [2.24, 2.45) is 5.41 Å². The molecule has 2 rings (SSSR count). The van der Waals surface area contributed by atoms with Gasteiger partial charge in [-0.2, -0.15) is 0 Å². The van der Waals surface area contributed by atoms with Gasteiger partial charge in [-0.25, -0.2) is 0 Å². The zero-order valence-electron chi connectivity index (χ0n) is 12.2. The Balaban J connectivity index is 2.15. The highest BCUT2D eigenvalue weighted by Gasteiger charge is 2.44. The Bertz CT molecular complexity index is 439. The Morgan fingerprint density at radius 3 is 2.48 bits per heavy atom. The fourth-order valence-electron chi connectivity index (χ4n) is 2.82. The summed E-state index contributed by atoms with van der Waals surface area (Å²) in [6, 6.07) is 0.439. The molecular formula is C15H22N2O4. The molecule has 0 spiro atoms. The van der Waals surface area contributed by atoms with Crippen LogP contribution in [0.3, 0.4) is 0 Å². The maximum Gasteiger partial charge on any atom is 0.329 e. The van der Waals surface area contributed by atoms with Crippen LogP contribution >= 0.6 is 0 Å². The predicted octanol–water partition coefficient (Wildman–Crippen LogP) is 0.540. The summed E-state index contributed by atoms with van der Waals surface area (Å²) in [6.07, 6.45) is 11.4. The summed E-state index contributed by atoms with van der Waals surface area (Å²) in [7, 11) is 1.26. The van der Waals surface area contributed by atoms with E-state index in [1.165, 1.54) is 20.0 Å². The van der Waals surface area contributed by atoms with E-state index in [-0.39, 0.29) is 13.2 Å². The highest BCUT2D eigenvalue weighted by Crippen LogP contribution is 2.31. The molecule has 0 saturated heterocycles. The molecule has 0 bridgehead atoms. The van der Waals surface area contributed by atoms with E-state index in [0.29, 0.717) is 6.04 Å². The number of carbonyl (C=O) groups is 2. The minimum absolute atomic E-state index is 0.103. The third-order valence-electron chi connectivity index (χ3n) is 4.06. The van der Waals surface area contributed by atoms with Gasteiger partial charge < -0.3 is 20.1 Å². The van der Waals surface area contributed by atoms with Crippen molar-refractivity contribution in [3.8, 4) is 0 Å². The lowest BCUT2D eigenvalue weighted by Gasteiger charge is -2.32. The van der Waals surface area contributed by atoms with E-state index in [1.807, 2.05) is 4.90 Å². The summed E-state index contributed by atoms with van der Waals surface area (Å²) in [5, 5.41) is 11.3. The van der Waals surface area contributed by atoms with E-state index in [2.05, 4.69) is 5.32 Å². The quantitative estimate of drug-likeness (QED) is 0.571. The highest BCUT2D eigenvalue weighted by atomic mass is 16.5. The molecular weight excluding hydrogens is 272 g/mol. The SMILES string of the molecule is COC(=O)C1(C(=O)NCCO)C=CN(C2CCCC2)C=C1. The molecule has 1 fully saturated rings. The number of esters is 1. The van der Waals surface area contributed by atoms with Gasteiger partial charge in [0.15, 0.2) is 5.41 Å². The van der Waals surface area contributed by atoms with Crippen LogP contribution in [-0.4, -0.2) is 48.2 Å². The summed E-state index contributed by atoms with van der Waals surface area (Å²) in [4.78, 5) is 26.4. The van der Waals surface area contributed by atoms with Crippen molar-refractivity contribution in [2.45, 2.75) is 31.7 Å². The number of nitrogens with zero attached hydrogens (tertiary/aromatic N) is 1. The average Bonchev–Trinajstić information content (AvgIpc) is 3.06. The molecule has 2 aliphatic rings. The van der Waals surface area contributed by atoms with Crippen LogP contribution in [0.5, 0.6) is 0 Å². The van der Waals surface area contributed by atoms with E-state index >= 15 is 0 Å². The lowest BCUT2D eigenvalue weighted by molar-refractivity contribution is -0.152. The lowest BCUT2D eigenvalue weighted by atomic mass is 9.85. The maximum atomic E-state index is 12.3. The van der Waals surface area contributed by atoms with Gasteiger partial charge in [0.1, 0.15) is 0 Å². The van der Waals surface area contributed by atoms with Crippen LogP contribution < -0.4 is 5.32 Å². The topological polar surface area (TPSA) is 78.9 Å². The molecule has 0 atom stereocenters. The van der Waals surface area contributed by atoms with Gasteiger partial charge in [0.2, 0.25) is 5.91 Å². The molecule has 6 nitrogen and oxygen atoms in total. The summed E-state index contributed by atoms with van der Waals surface area (Å²) in [5.74, 6) is -1.11. The first kappa shape index (κ1) is 15.6. The predicted molar refractivity (Wildman–Crippen MR) is 76.9 cm³/mol. The number of amides is 1. The molecule has 2 N–H and O–H groups in total. The molecule has 6 heteroatoms. The molecule has 1 amide bonds. The highest BCUT2D eigenvalue weighted by molar-refractivity contribution is 6.07. The number of ether oxygens (including phenoxy) is 1. The third kappa shape index (κ3) is 3.10. The molecule has 0 radical (unpaired) electrons. The zero-order chi connectivity index (χ0) is 15.3. The number of hydrogen-bond acceptors (Lipinski definition) is 5. The Morgan fingerprint density at radius 1 is 1.33 bits per heavy atom. The molecule has 0 aromatic carbocycles. The monoisotopic (exact) mass is 294 g/mol. The van der Waals surface area contributed by atoms with Crippen LogP contribution in [0.25, 0.3) is 0 Å². The number of hydrogen-bond donors (Lipinski definition) is 2. The van der Waals surface area contributed by atoms with E-state index in [9.17, 15) is 9.59 Å². The lowest BCUT2D eigenvalue weighted by Crippen LogP contribution is -2.47. The number of carbonyl (C=O) groups excluding carboxylic acids is 2. The molecule has 21 heavy (non-hydrogen) atoms. The van der Waals surface area contributed by atoms with Crippen molar-refractivity contribution >= 4 is 11.9 Å². The van der Waals surface area contributed by atoms with Gasteiger partial charge in [0.25, 0.3) is 0 Å². The van der Waals surface area contributed by atoms with E-state index in [0.717, 1.165) is 12.8 Å². The standard InChI is InChI=1S/C15H22N2O4/c1-21-14(20)15(13(19)16-8-11-18)6-9-17(10-7-15)12-4-2-3-5-12/h6-7,9-10,12,18H,2-5,8,11H2,1H3,(H,16,19). The fraction of sp³-hybridized carbons (Fsp3) is 0.600.